The van der Waals surface area contributed by atoms with Crippen LogP contribution in [0.3, 0.4) is 0 Å². The molecule has 0 fully saturated rings. The number of nitrogens with one attached hydrogen (secondary N) is 3. The lowest BCUT2D eigenvalue weighted by molar-refractivity contribution is -0.121. The zero-order valence-corrected chi connectivity index (χ0v) is 15.1. The minimum atomic E-state index is -0.550. The predicted molar refractivity (Wildman–Crippen MR) is 96.4 cm³/mol. The molecule has 138 valence electrons. The molecule has 0 atom stereocenters. The average Bonchev–Trinajstić information content (AvgIpc) is 3.13. The Hall–Kier alpha value is -3.09. The molecule has 26 heavy (non-hydrogen) atoms. The Kier molecular flexibility index (Phi) is 6.16. The smallest absolute Gasteiger partial charge is 0.305 e. The number of amides is 3. The van der Waals surface area contributed by atoms with Crippen molar-refractivity contribution >= 4 is 17.7 Å². The molecule has 0 saturated carbocycles. The van der Waals surface area contributed by atoms with Crippen LogP contribution in [0.5, 0.6) is 0 Å². The van der Waals surface area contributed by atoms with E-state index in [0.717, 1.165) is 5.56 Å². The van der Waals surface area contributed by atoms with Crippen LogP contribution in [0, 0.1) is 0 Å². The van der Waals surface area contributed by atoms with E-state index in [9.17, 15) is 14.4 Å². The van der Waals surface area contributed by atoms with Gasteiger partial charge in [0.15, 0.2) is 5.76 Å². The lowest BCUT2D eigenvalue weighted by Gasteiger charge is -2.19. The summed E-state index contributed by atoms with van der Waals surface area (Å²) in [5, 5.41) is 2.67. The van der Waals surface area contributed by atoms with Gasteiger partial charge in [0.05, 0.1) is 6.26 Å². The lowest BCUT2D eigenvalue weighted by atomic mass is 9.87. The van der Waals surface area contributed by atoms with Gasteiger partial charge in [-0.3, -0.25) is 25.2 Å². The number of benzene rings is 1. The second kappa shape index (κ2) is 8.33. The Morgan fingerprint density at radius 2 is 1.65 bits per heavy atom. The summed E-state index contributed by atoms with van der Waals surface area (Å²) in [6, 6.07) is 10.4. The summed E-state index contributed by atoms with van der Waals surface area (Å²) in [4.78, 5) is 35.4. The molecule has 0 unspecified atom stereocenters. The van der Waals surface area contributed by atoms with Crippen LogP contribution in [0.4, 0.5) is 0 Å². The summed E-state index contributed by atoms with van der Waals surface area (Å²) in [6.07, 6.45) is 1.39. The molecular weight excluding hydrogens is 334 g/mol. The first-order valence-corrected chi connectivity index (χ1v) is 8.29. The number of hydrazine groups is 1. The minimum absolute atomic E-state index is 0.0210. The van der Waals surface area contributed by atoms with E-state index in [1.807, 2.05) is 12.1 Å². The highest BCUT2D eigenvalue weighted by Gasteiger charge is 2.14. The third-order valence-electron chi connectivity index (χ3n) is 3.71. The van der Waals surface area contributed by atoms with Crippen LogP contribution in [0.2, 0.25) is 0 Å². The zero-order valence-electron chi connectivity index (χ0n) is 15.1. The molecule has 0 spiro atoms. The van der Waals surface area contributed by atoms with Gasteiger partial charge in [-0.1, -0.05) is 32.9 Å². The molecule has 0 aliphatic rings. The molecule has 2 rings (SSSR count). The highest BCUT2D eigenvalue weighted by molar-refractivity contribution is 5.95. The zero-order chi connectivity index (χ0) is 19.2. The maximum Gasteiger partial charge on any atom is 0.305 e. The molecule has 0 radical (unpaired) electrons. The van der Waals surface area contributed by atoms with Crippen molar-refractivity contribution in [1.29, 1.82) is 0 Å². The van der Waals surface area contributed by atoms with Crippen LogP contribution >= 0.6 is 0 Å². The molecule has 3 amide bonds. The fourth-order valence-electron chi connectivity index (χ4n) is 2.17. The molecule has 1 heterocycles. The van der Waals surface area contributed by atoms with Gasteiger partial charge in [0.1, 0.15) is 0 Å². The van der Waals surface area contributed by atoms with Crippen LogP contribution < -0.4 is 16.2 Å². The van der Waals surface area contributed by atoms with Gasteiger partial charge in [-0.2, -0.15) is 0 Å². The maximum atomic E-state index is 12.1. The molecule has 0 aliphatic heterocycles. The standard InChI is InChI=1S/C19H23N3O4/c1-19(2,3)14-8-6-13(7-9-14)17(24)20-11-10-16(23)21-22-18(25)15-5-4-12-26-15/h4-9,12H,10-11H2,1-3H3,(H,20,24)(H,21,23)(H,22,25). The summed E-state index contributed by atoms with van der Waals surface area (Å²) >= 11 is 0. The van der Waals surface area contributed by atoms with Gasteiger partial charge >= 0.3 is 5.91 Å². The second-order valence-corrected chi connectivity index (χ2v) is 6.81. The Bertz CT molecular complexity index is 759. The normalized spacial score (nSPS) is 10.9. The molecule has 0 saturated heterocycles. The third kappa shape index (κ3) is 5.47. The SMILES string of the molecule is CC(C)(C)c1ccc(C(=O)NCCC(=O)NNC(=O)c2ccco2)cc1. The first-order chi connectivity index (χ1) is 12.3. The van der Waals surface area contributed by atoms with Gasteiger partial charge in [-0.15, -0.1) is 0 Å². The van der Waals surface area contributed by atoms with E-state index >= 15 is 0 Å². The van der Waals surface area contributed by atoms with Crippen LogP contribution in [0.25, 0.3) is 0 Å². The van der Waals surface area contributed by atoms with E-state index in [2.05, 4.69) is 36.9 Å². The lowest BCUT2D eigenvalue weighted by Crippen LogP contribution is -2.42. The molecule has 1 aromatic carbocycles. The number of rotatable bonds is 5. The molecule has 1 aromatic heterocycles. The predicted octanol–water partition coefficient (Wildman–Crippen LogP) is 2.16. The fourth-order valence-corrected chi connectivity index (χ4v) is 2.17. The summed E-state index contributed by atoms with van der Waals surface area (Å²) in [7, 11) is 0. The van der Waals surface area contributed by atoms with E-state index in [4.69, 9.17) is 4.42 Å². The van der Waals surface area contributed by atoms with Crippen molar-refractivity contribution in [2.75, 3.05) is 6.54 Å². The molecule has 7 heteroatoms. The largest absolute Gasteiger partial charge is 0.459 e. The van der Waals surface area contributed by atoms with E-state index in [0.29, 0.717) is 5.56 Å². The number of carbonyl (C=O) groups excluding carboxylic acids is 3. The van der Waals surface area contributed by atoms with Gasteiger partial charge in [-0.25, -0.2) is 0 Å². The van der Waals surface area contributed by atoms with Crippen molar-refractivity contribution in [2.24, 2.45) is 0 Å². The fraction of sp³-hybridized carbons (Fsp3) is 0.316. The molecule has 2 aromatic rings. The Labute approximate surface area is 152 Å². The summed E-state index contributed by atoms with van der Waals surface area (Å²) in [5.41, 5.74) is 6.18. The van der Waals surface area contributed by atoms with Crippen molar-refractivity contribution in [1.82, 2.24) is 16.2 Å². The number of hydrogen-bond acceptors (Lipinski definition) is 4. The van der Waals surface area contributed by atoms with Crippen molar-refractivity contribution < 1.29 is 18.8 Å². The van der Waals surface area contributed by atoms with Gasteiger partial charge in [0.25, 0.3) is 5.91 Å². The van der Waals surface area contributed by atoms with Crippen molar-refractivity contribution in [2.45, 2.75) is 32.6 Å². The van der Waals surface area contributed by atoms with Crippen LogP contribution in [-0.2, 0) is 10.2 Å². The van der Waals surface area contributed by atoms with Crippen LogP contribution in [0.15, 0.2) is 47.1 Å². The minimum Gasteiger partial charge on any atom is -0.459 e. The van der Waals surface area contributed by atoms with Crippen LogP contribution in [-0.4, -0.2) is 24.3 Å². The quantitative estimate of drug-likeness (QED) is 0.714. The van der Waals surface area contributed by atoms with Gasteiger partial charge in [-0.05, 0) is 35.2 Å². The first-order valence-electron chi connectivity index (χ1n) is 8.29. The third-order valence-corrected chi connectivity index (χ3v) is 3.71. The summed E-state index contributed by atoms with van der Waals surface area (Å²) < 4.78 is 4.90. The van der Waals surface area contributed by atoms with Crippen molar-refractivity contribution in [3.05, 3.63) is 59.5 Å². The highest BCUT2D eigenvalue weighted by Crippen LogP contribution is 2.22. The highest BCUT2D eigenvalue weighted by atomic mass is 16.3. The van der Waals surface area contributed by atoms with Crippen molar-refractivity contribution in [3.8, 4) is 0 Å². The van der Waals surface area contributed by atoms with Gasteiger partial charge < -0.3 is 9.73 Å². The van der Waals surface area contributed by atoms with Crippen LogP contribution in [0.1, 0.15) is 53.7 Å². The molecule has 0 bridgehead atoms. The van der Waals surface area contributed by atoms with E-state index in [-0.39, 0.29) is 30.0 Å². The molecule has 3 N–H and O–H groups in total. The Balaban J connectivity index is 1.72. The summed E-state index contributed by atoms with van der Waals surface area (Å²) in [6.45, 7) is 6.46. The average molecular weight is 357 g/mol. The number of furan rings is 1. The van der Waals surface area contributed by atoms with E-state index < -0.39 is 11.8 Å². The topological polar surface area (TPSA) is 100 Å². The first kappa shape index (κ1) is 19.2. The molecule has 0 aliphatic carbocycles. The Morgan fingerprint density at radius 3 is 2.23 bits per heavy atom. The Morgan fingerprint density at radius 1 is 0.962 bits per heavy atom. The van der Waals surface area contributed by atoms with Crippen molar-refractivity contribution in [3.63, 3.8) is 0 Å². The van der Waals surface area contributed by atoms with Gasteiger partial charge in [0, 0.05) is 18.5 Å². The number of hydrogen-bond donors (Lipinski definition) is 3. The van der Waals surface area contributed by atoms with E-state index in [1.54, 1.807) is 18.2 Å². The second-order valence-electron chi connectivity index (χ2n) is 6.81. The molecular formula is C19H23N3O4. The molecule has 7 nitrogen and oxygen atoms in total. The van der Waals surface area contributed by atoms with E-state index in [1.165, 1.54) is 12.3 Å². The maximum absolute atomic E-state index is 12.1. The monoisotopic (exact) mass is 357 g/mol. The summed E-state index contributed by atoms with van der Waals surface area (Å²) in [5.74, 6) is -1.13. The van der Waals surface area contributed by atoms with Gasteiger partial charge in [0.2, 0.25) is 5.91 Å². The number of carbonyl (C=O) groups is 3.